The Morgan fingerprint density at radius 3 is 2.60 bits per heavy atom. The minimum Gasteiger partial charge on any atom is -0.357 e. The number of nitrogens with zero attached hydrogens (tertiary/aromatic N) is 1. The van der Waals surface area contributed by atoms with Gasteiger partial charge in [0.05, 0.1) is 18.2 Å². The Morgan fingerprint density at radius 1 is 0.971 bits per heavy atom. The molecular weight excluding hydrogens is 458 g/mol. The van der Waals surface area contributed by atoms with Crippen LogP contribution in [0.1, 0.15) is 37.7 Å². The van der Waals surface area contributed by atoms with Gasteiger partial charge in [0.25, 0.3) is 5.91 Å². The minimum atomic E-state index is -0.414. The first-order chi connectivity index (χ1) is 17.0. The van der Waals surface area contributed by atoms with Crippen molar-refractivity contribution in [2.24, 2.45) is 4.99 Å². The van der Waals surface area contributed by atoms with Gasteiger partial charge in [-0.3, -0.25) is 19.9 Å². The third kappa shape index (κ3) is 4.64. The molecule has 5 nitrogen and oxygen atoms in total. The van der Waals surface area contributed by atoms with Crippen LogP contribution in [-0.4, -0.2) is 23.6 Å². The maximum atomic E-state index is 12.2. The van der Waals surface area contributed by atoms with Gasteiger partial charge in [-0.1, -0.05) is 54.1 Å². The number of anilines is 1. The smallest absolute Gasteiger partial charge is 0.250 e. The summed E-state index contributed by atoms with van der Waals surface area (Å²) in [4.78, 5) is 29.7. The summed E-state index contributed by atoms with van der Waals surface area (Å²) in [6.07, 6.45) is 20.4. The van der Waals surface area contributed by atoms with E-state index in [0.29, 0.717) is 22.7 Å². The molecule has 6 rings (SSSR count). The van der Waals surface area contributed by atoms with E-state index in [2.05, 4.69) is 53.2 Å². The lowest BCUT2D eigenvalue weighted by Gasteiger charge is -2.18. The van der Waals surface area contributed by atoms with Gasteiger partial charge >= 0.3 is 0 Å². The number of halogens is 1. The molecule has 5 aliphatic rings. The van der Waals surface area contributed by atoms with Crippen molar-refractivity contribution in [3.8, 4) is 0 Å². The average molecular weight is 482 g/mol. The van der Waals surface area contributed by atoms with Crippen molar-refractivity contribution in [3.05, 3.63) is 111 Å². The first kappa shape index (κ1) is 21.8. The zero-order valence-corrected chi connectivity index (χ0v) is 19.9. The monoisotopic (exact) mass is 481 g/mol. The van der Waals surface area contributed by atoms with Crippen LogP contribution in [0.4, 0.5) is 5.69 Å². The highest BCUT2D eigenvalue weighted by Crippen LogP contribution is 2.40. The van der Waals surface area contributed by atoms with Gasteiger partial charge in [0, 0.05) is 34.5 Å². The summed E-state index contributed by atoms with van der Waals surface area (Å²) >= 11 is 6.38. The number of nitrogens with one attached hydrogen (secondary N) is 2. The normalized spacial score (nSPS) is 22.9. The number of aliphatic imine (C=N–C) groups is 1. The third-order valence-electron chi connectivity index (χ3n) is 6.68. The van der Waals surface area contributed by atoms with E-state index in [1.807, 2.05) is 18.2 Å². The number of allylic oxidation sites excluding steroid dienone is 10. The van der Waals surface area contributed by atoms with Gasteiger partial charge in [0.1, 0.15) is 0 Å². The van der Waals surface area contributed by atoms with Crippen molar-refractivity contribution in [3.63, 3.8) is 0 Å². The van der Waals surface area contributed by atoms with E-state index >= 15 is 0 Å². The number of fused-ring (bicyclic) bond motifs is 3. The first-order valence-corrected chi connectivity index (χ1v) is 12.3. The van der Waals surface area contributed by atoms with E-state index in [1.54, 1.807) is 0 Å². The summed E-state index contributed by atoms with van der Waals surface area (Å²) in [6.45, 7) is 0. The molecule has 0 aromatic heterocycles. The summed E-state index contributed by atoms with van der Waals surface area (Å²) in [7, 11) is 0. The second-order valence-corrected chi connectivity index (χ2v) is 9.82. The van der Waals surface area contributed by atoms with Gasteiger partial charge in [-0.2, -0.15) is 0 Å². The Labute approximate surface area is 209 Å². The molecule has 1 saturated carbocycles. The predicted molar refractivity (Wildman–Crippen MR) is 139 cm³/mol. The fourth-order valence-electron chi connectivity index (χ4n) is 4.93. The molecule has 0 radical (unpaired) electrons. The van der Waals surface area contributed by atoms with Gasteiger partial charge in [-0.25, -0.2) is 0 Å². The number of carbonyl (C=O) groups excluding carboxylic acids is 2. The van der Waals surface area contributed by atoms with Crippen molar-refractivity contribution < 1.29 is 9.59 Å². The van der Waals surface area contributed by atoms with Crippen molar-refractivity contribution in [2.75, 3.05) is 5.32 Å². The van der Waals surface area contributed by atoms with Crippen LogP contribution in [0.3, 0.4) is 0 Å². The van der Waals surface area contributed by atoms with Crippen LogP contribution in [0.2, 0.25) is 5.02 Å². The first-order valence-electron chi connectivity index (χ1n) is 11.9. The number of hydrogen-bond donors (Lipinski definition) is 2. The van der Waals surface area contributed by atoms with Crippen molar-refractivity contribution in [1.82, 2.24) is 5.32 Å². The lowest BCUT2D eigenvalue weighted by atomic mass is 9.95. The molecule has 3 aliphatic carbocycles. The number of carbonyl (C=O) groups is 2. The van der Waals surface area contributed by atoms with E-state index in [0.717, 1.165) is 36.2 Å². The van der Waals surface area contributed by atoms with Gasteiger partial charge < -0.3 is 5.32 Å². The van der Waals surface area contributed by atoms with E-state index in [4.69, 9.17) is 16.6 Å². The zero-order chi connectivity index (χ0) is 23.9. The predicted octanol–water partition coefficient (Wildman–Crippen LogP) is 5.64. The molecule has 35 heavy (non-hydrogen) atoms. The Hall–Kier alpha value is -3.70. The molecule has 2 bridgehead atoms. The van der Waals surface area contributed by atoms with Gasteiger partial charge in [0.15, 0.2) is 0 Å². The maximum absolute atomic E-state index is 12.2. The Morgan fingerprint density at radius 2 is 1.80 bits per heavy atom. The summed E-state index contributed by atoms with van der Waals surface area (Å²) in [5, 5.41) is 6.59. The molecule has 2 amide bonds. The van der Waals surface area contributed by atoms with E-state index in [9.17, 15) is 9.59 Å². The van der Waals surface area contributed by atoms with Crippen LogP contribution in [0, 0.1) is 0 Å². The molecule has 2 aliphatic heterocycles. The standard InChI is InChI=1S/C29H24ClN3O2/c30-22-9-10-24-23(16-22)28(21-14-26(34)33-27(35)15-21)32-25(29(31-24)20-7-8-20)13-19-6-5-17-3-1-2-4-18(11-17)12-19/h1-6,9-10,12,14,16,25,31H,7-8,11,13,15H2,(H,33,34,35). The number of benzene rings is 1. The van der Waals surface area contributed by atoms with Crippen LogP contribution >= 0.6 is 11.6 Å². The van der Waals surface area contributed by atoms with E-state index in [-0.39, 0.29) is 18.4 Å². The van der Waals surface area contributed by atoms with Crippen molar-refractivity contribution in [2.45, 2.75) is 38.1 Å². The molecule has 1 fully saturated rings. The largest absolute Gasteiger partial charge is 0.357 e. The van der Waals surface area contributed by atoms with Crippen LogP contribution in [-0.2, 0) is 9.59 Å². The fourth-order valence-corrected chi connectivity index (χ4v) is 5.10. The van der Waals surface area contributed by atoms with E-state index < -0.39 is 5.91 Å². The lowest BCUT2D eigenvalue weighted by molar-refractivity contribution is -0.128. The van der Waals surface area contributed by atoms with Crippen LogP contribution < -0.4 is 10.6 Å². The molecule has 1 aromatic carbocycles. The quantitative estimate of drug-likeness (QED) is 0.548. The van der Waals surface area contributed by atoms with Crippen LogP contribution in [0.25, 0.3) is 0 Å². The van der Waals surface area contributed by atoms with Gasteiger partial charge in [0.2, 0.25) is 5.91 Å². The molecular formula is C29H24ClN3O2. The second kappa shape index (κ2) is 8.82. The highest BCUT2D eigenvalue weighted by Gasteiger charge is 2.31. The summed E-state index contributed by atoms with van der Waals surface area (Å²) < 4.78 is 0. The van der Waals surface area contributed by atoms with E-state index in [1.165, 1.54) is 28.4 Å². The number of hydrogen-bond acceptors (Lipinski definition) is 4. The molecule has 2 N–H and O–H groups in total. The Balaban J connectivity index is 1.47. The zero-order valence-electron chi connectivity index (χ0n) is 19.1. The summed E-state index contributed by atoms with van der Waals surface area (Å²) in [5.41, 5.74) is 9.18. The number of imide groups is 1. The Bertz CT molecular complexity index is 1410. The van der Waals surface area contributed by atoms with Crippen LogP contribution in [0.15, 0.2) is 105 Å². The highest BCUT2D eigenvalue weighted by molar-refractivity contribution is 6.32. The molecule has 2 heterocycles. The SMILES string of the molecule is O=C1C=C(C2=NC(CC3=CC4=CC=CC=C(C=C3)C4)C(=C3CC3)Nc3ccc(Cl)cc32)CC(=O)N1. The number of amides is 2. The number of rotatable bonds is 3. The third-order valence-corrected chi connectivity index (χ3v) is 6.91. The van der Waals surface area contributed by atoms with Gasteiger partial charge in [-0.05, 0) is 65.3 Å². The molecule has 0 saturated heterocycles. The van der Waals surface area contributed by atoms with Crippen molar-refractivity contribution >= 4 is 34.8 Å². The molecule has 0 spiro atoms. The summed E-state index contributed by atoms with van der Waals surface area (Å²) in [6, 6.07) is 5.49. The summed E-state index contributed by atoms with van der Waals surface area (Å²) in [5.74, 6) is -0.734. The van der Waals surface area contributed by atoms with Gasteiger partial charge in [-0.15, -0.1) is 0 Å². The fraction of sp³-hybridized carbons (Fsp3) is 0.207. The average Bonchev–Trinajstić information content (AvgIpc) is 3.67. The molecule has 6 heteroatoms. The molecule has 1 atom stereocenters. The number of benzodiazepines with no additional fused rings is 1. The highest BCUT2D eigenvalue weighted by atomic mass is 35.5. The second-order valence-electron chi connectivity index (χ2n) is 9.39. The van der Waals surface area contributed by atoms with Crippen LogP contribution in [0.5, 0.6) is 0 Å². The molecule has 174 valence electrons. The molecule has 1 unspecified atom stereocenters. The maximum Gasteiger partial charge on any atom is 0.250 e. The topological polar surface area (TPSA) is 70.6 Å². The molecule has 1 aromatic rings. The Kier molecular flexibility index (Phi) is 5.50. The minimum absolute atomic E-state index is 0.102. The van der Waals surface area contributed by atoms with Crippen molar-refractivity contribution in [1.29, 1.82) is 0 Å². The lowest BCUT2D eigenvalue weighted by Crippen LogP contribution is -2.34.